The lowest BCUT2D eigenvalue weighted by atomic mass is 10.2. The van der Waals surface area contributed by atoms with Gasteiger partial charge < -0.3 is 5.73 Å². The molecule has 0 aliphatic rings. The molecule has 0 aliphatic carbocycles. The maximum atomic E-state index is 11.7. The highest BCUT2D eigenvalue weighted by atomic mass is 35.5. The van der Waals surface area contributed by atoms with Crippen LogP contribution in [0, 0.1) is 0 Å². The van der Waals surface area contributed by atoms with Crippen molar-refractivity contribution in [3.8, 4) is 0 Å². The van der Waals surface area contributed by atoms with E-state index in [1.165, 1.54) is 18.2 Å². The van der Waals surface area contributed by atoms with Gasteiger partial charge >= 0.3 is 6.18 Å². The number of hydrogen-bond acceptors (Lipinski definition) is 3. The van der Waals surface area contributed by atoms with Gasteiger partial charge in [0.1, 0.15) is 0 Å². The van der Waals surface area contributed by atoms with Crippen molar-refractivity contribution in [2.24, 2.45) is 0 Å². The molecular formula is C9H8ClF3N2O2. The summed E-state index contributed by atoms with van der Waals surface area (Å²) in [6, 6.07) is 3.97. The first-order chi connectivity index (χ1) is 7.79. The number of halogens is 4. The first-order valence-electron chi connectivity index (χ1n) is 4.33. The molecule has 0 aliphatic heterocycles. The van der Waals surface area contributed by atoms with E-state index in [1.807, 2.05) is 0 Å². The lowest BCUT2D eigenvalue weighted by Gasteiger charge is -2.09. The molecule has 0 saturated heterocycles. The van der Waals surface area contributed by atoms with E-state index in [9.17, 15) is 18.0 Å². The molecule has 0 atom stereocenters. The number of nitrogens with two attached hydrogens (primary N) is 1. The Balaban J connectivity index is 2.59. The lowest BCUT2D eigenvalue weighted by molar-refractivity contribution is -0.184. The van der Waals surface area contributed by atoms with Crippen LogP contribution in [0.3, 0.4) is 0 Å². The van der Waals surface area contributed by atoms with Crippen molar-refractivity contribution in [3.63, 3.8) is 0 Å². The number of carbonyl (C=O) groups is 1. The van der Waals surface area contributed by atoms with Gasteiger partial charge in [-0.25, -0.2) is 5.48 Å². The van der Waals surface area contributed by atoms with Crippen LogP contribution in [-0.4, -0.2) is 18.7 Å². The topological polar surface area (TPSA) is 64.4 Å². The molecule has 0 aromatic heterocycles. The fourth-order valence-corrected chi connectivity index (χ4v) is 1.16. The summed E-state index contributed by atoms with van der Waals surface area (Å²) in [7, 11) is 0. The Morgan fingerprint density at radius 1 is 1.47 bits per heavy atom. The molecule has 0 spiro atoms. The highest BCUT2D eigenvalue weighted by molar-refractivity contribution is 6.31. The van der Waals surface area contributed by atoms with Crippen molar-refractivity contribution in [2.45, 2.75) is 6.18 Å². The minimum atomic E-state index is -4.52. The maximum absolute atomic E-state index is 11.7. The lowest BCUT2D eigenvalue weighted by Crippen LogP contribution is -2.29. The Morgan fingerprint density at radius 2 is 2.12 bits per heavy atom. The van der Waals surface area contributed by atoms with Gasteiger partial charge in [-0.3, -0.25) is 9.63 Å². The molecule has 0 unspecified atom stereocenters. The Bertz CT molecular complexity index is 423. The maximum Gasteiger partial charge on any atom is 0.414 e. The molecule has 1 amide bonds. The van der Waals surface area contributed by atoms with E-state index < -0.39 is 18.7 Å². The van der Waals surface area contributed by atoms with E-state index in [1.54, 1.807) is 5.48 Å². The standard InChI is InChI=1S/C9H8ClF3N2O2/c10-5-1-2-6(7(14)3-5)8(16)15-17-4-9(11,12)13/h1-3H,4,14H2,(H,15,16). The Hall–Kier alpha value is -1.47. The molecule has 1 aromatic carbocycles. The molecule has 0 bridgehead atoms. The van der Waals surface area contributed by atoms with Gasteiger partial charge in [-0.1, -0.05) is 11.6 Å². The van der Waals surface area contributed by atoms with Crippen molar-refractivity contribution >= 4 is 23.2 Å². The number of hydroxylamine groups is 1. The Labute approximate surface area is 99.4 Å². The molecule has 1 aromatic rings. The molecule has 0 saturated carbocycles. The number of benzene rings is 1. The van der Waals surface area contributed by atoms with Gasteiger partial charge in [-0.15, -0.1) is 0 Å². The van der Waals surface area contributed by atoms with Crippen molar-refractivity contribution in [3.05, 3.63) is 28.8 Å². The third-order valence-corrected chi connectivity index (χ3v) is 1.89. The molecule has 0 fully saturated rings. The first kappa shape index (κ1) is 13.6. The molecule has 3 N–H and O–H groups in total. The van der Waals surface area contributed by atoms with Crippen LogP contribution < -0.4 is 11.2 Å². The number of anilines is 1. The molecule has 1 rings (SSSR count). The van der Waals surface area contributed by atoms with E-state index in [-0.39, 0.29) is 11.3 Å². The van der Waals surface area contributed by atoms with Crippen LogP contribution in [0.4, 0.5) is 18.9 Å². The van der Waals surface area contributed by atoms with Crippen molar-refractivity contribution in [2.75, 3.05) is 12.3 Å². The first-order valence-corrected chi connectivity index (χ1v) is 4.71. The number of alkyl halides is 3. The van der Waals surface area contributed by atoms with Crippen LogP contribution in [0.5, 0.6) is 0 Å². The van der Waals surface area contributed by atoms with Crippen LogP contribution in [0.15, 0.2) is 18.2 Å². The van der Waals surface area contributed by atoms with E-state index in [4.69, 9.17) is 17.3 Å². The summed E-state index contributed by atoms with van der Waals surface area (Å²) in [4.78, 5) is 15.3. The summed E-state index contributed by atoms with van der Waals surface area (Å²) >= 11 is 5.59. The highest BCUT2D eigenvalue weighted by Crippen LogP contribution is 2.18. The van der Waals surface area contributed by atoms with Gasteiger partial charge in [0.05, 0.1) is 5.56 Å². The Morgan fingerprint density at radius 3 is 2.65 bits per heavy atom. The molecular weight excluding hydrogens is 261 g/mol. The fourth-order valence-electron chi connectivity index (χ4n) is 0.979. The van der Waals surface area contributed by atoms with E-state index in [0.29, 0.717) is 5.02 Å². The van der Waals surface area contributed by atoms with E-state index in [0.717, 1.165) is 0 Å². The third kappa shape index (κ3) is 4.49. The summed E-state index contributed by atoms with van der Waals surface area (Å²) in [5.41, 5.74) is 7.12. The minimum Gasteiger partial charge on any atom is -0.398 e. The largest absolute Gasteiger partial charge is 0.414 e. The molecule has 0 heterocycles. The third-order valence-electron chi connectivity index (χ3n) is 1.66. The predicted octanol–water partition coefficient (Wildman–Crippen LogP) is 2.15. The molecule has 94 valence electrons. The van der Waals surface area contributed by atoms with Crippen LogP contribution in [0.1, 0.15) is 10.4 Å². The zero-order valence-electron chi connectivity index (χ0n) is 8.34. The van der Waals surface area contributed by atoms with Gasteiger partial charge in [-0.05, 0) is 18.2 Å². The SMILES string of the molecule is Nc1cc(Cl)ccc1C(=O)NOCC(F)(F)F. The number of nitrogen functional groups attached to an aromatic ring is 1. The van der Waals surface area contributed by atoms with Gasteiger partial charge in [0, 0.05) is 10.7 Å². The molecule has 0 radical (unpaired) electrons. The summed E-state index contributed by atoms with van der Waals surface area (Å²) in [6.07, 6.45) is -4.52. The quantitative estimate of drug-likeness (QED) is 0.652. The number of hydrogen-bond donors (Lipinski definition) is 2. The zero-order valence-corrected chi connectivity index (χ0v) is 9.10. The van der Waals surface area contributed by atoms with Crippen molar-refractivity contribution in [1.29, 1.82) is 0 Å². The fraction of sp³-hybridized carbons (Fsp3) is 0.222. The smallest absolute Gasteiger partial charge is 0.398 e. The number of carbonyl (C=O) groups excluding carboxylic acids is 1. The van der Waals surface area contributed by atoms with Crippen LogP contribution in [0.2, 0.25) is 5.02 Å². The van der Waals surface area contributed by atoms with Gasteiger partial charge in [0.2, 0.25) is 0 Å². The molecule has 17 heavy (non-hydrogen) atoms. The van der Waals surface area contributed by atoms with Crippen molar-refractivity contribution < 1.29 is 22.8 Å². The van der Waals surface area contributed by atoms with Crippen LogP contribution in [-0.2, 0) is 4.84 Å². The summed E-state index contributed by atoms with van der Waals surface area (Å²) in [6.45, 7) is -1.58. The number of rotatable bonds is 3. The summed E-state index contributed by atoms with van der Waals surface area (Å²) < 4.78 is 35.2. The van der Waals surface area contributed by atoms with E-state index in [2.05, 4.69) is 4.84 Å². The summed E-state index contributed by atoms with van der Waals surface area (Å²) in [5, 5.41) is 0.315. The highest BCUT2D eigenvalue weighted by Gasteiger charge is 2.28. The monoisotopic (exact) mass is 268 g/mol. The average molecular weight is 269 g/mol. The second-order valence-corrected chi connectivity index (χ2v) is 3.50. The minimum absolute atomic E-state index is 0.0171. The number of nitrogens with one attached hydrogen (secondary N) is 1. The van der Waals surface area contributed by atoms with Gasteiger partial charge in [-0.2, -0.15) is 13.2 Å². The average Bonchev–Trinajstić information content (AvgIpc) is 2.15. The number of amides is 1. The van der Waals surface area contributed by atoms with Crippen LogP contribution in [0.25, 0.3) is 0 Å². The predicted molar refractivity (Wildman–Crippen MR) is 55.3 cm³/mol. The van der Waals surface area contributed by atoms with Gasteiger partial charge in [0.25, 0.3) is 5.91 Å². The van der Waals surface area contributed by atoms with Gasteiger partial charge in [0.15, 0.2) is 6.61 Å². The van der Waals surface area contributed by atoms with E-state index >= 15 is 0 Å². The zero-order chi connectivity index (χ0) is 13.1. The second-order valence-electron chi connectivity index (χ2n) is 3.07. The molecule has 4 nitrogen and oxygen atoms in total. The molecule has 8 heteroatoms. The Kier molecular flexibility index (Phi) is 4.19. The summed E-state index contributed by atoms with van der Waals surface area (Å²) in [5.74, 6) is -0.872. The normalized spacial score (nSPS) is 11.3. The van der Waals surface area contributed by atoms with Crippen LogP contribution >= 0.6 is 11.6 Å². The van der Waals surface area contributed by atoms with Crippen molar-refractivity contribution in [1.82, 2.24) is 5.48 Å². The second kappa shape index (κ2) is 5.24.